The molecule has 0 spiro atoms. The molecule has 0 radical (unpaired) electrons. The molecule has 2 aromatic carbocycles. The van der Waals surface area contributed by atoms with E-state index in [1.54, 1.807) is 10.3 Å². The number of thiazole rings is 1. The van der Waals surface area contributed by atoms with Crippen LogP contribution in [0.3, 0.4) is 0 Å². The molecule has 0 unspecified atom stereocenters. The highest BCUT2D eigenvalue weighted by Crippen LogP contribution is 2.36. The van der Waals surface area contributed by atoms with E-state index in [-0.39, 0.29) is 23.4 Å². The van der Waals surface area contributed by atoms with Crippen LogP contribution in [-0.2, 0) is 9.63 Å². The molecule has 0 saturated carbocycles. The Hall–Kier alpha value is -3.99. The number of benzene rings is 2. The Morgan fingerprint density at radius 3 is 2.46 bits per heavy atom. The second-order valence-electron chi connectivity index (χ2n) is 9.66. The van der Waals surface area contributed by atoms with Crippen LogP contribution in [0.5, 0.6) is 0 Å². The lowest BCUT2D eigenvalue weighted by Crippen LogP contribution is -2.51. The number of nitrogens with zero attached hydrogens (tertiary/aromatic N) is 5. The molecule has 2 aliphatic rings. The zero-order valence-corrected chi connectivity index (χ0v) is 23.0. The van der Waals surface area contributed by atoms with E-state index in [0.29, 0.717) is 60.1 Å². The summed E-state index contributed by atoms with van der Waals surface area (Å²) >= 11 is 1.24. The Morgan fingerprint density at radius 2 is 1.79 bits per heavy atom. The summed E-state index contributed by atoms with van der Waals surface area (Å²) in [5.74, 6) is -0.724. The monoisotopic (exact) mass is 548 g/mol. The van der Waals surface area contributed by atoms with Crippen molar-refractivity contribution in [1.82, 2.24) is 14.8 Å². The quantitative estimate of drug-likeness (QED) is 0.187. The standard InChI is InChI=1S/C28H32N6O4S/c1-3-4-5-6-12-34-25(35)19-9-7-8-18-22(11-10-20(23(18)19)26(34)36)32-13-15-33(16-14-32)27(37)24(31-38-2)21-17-39-28(29)30-21/h7-11,17H,3-6,12-16H2,1-2H3,(H2,29,30)/b31-24-. The van der Waals surface area contributed by atoms with Gasteiger partial charge in [0.25, 0.3) is 17.7 Å². The van der Waals surface area contributed by atoms with Crippen molar-refractivity contribution in [3.8, 4) is 0 Å². The molecule has 0 atom stereocenters. The van der Waals surface area contributed by atoms with Crippen LogP contribution in [0.1, 0.15) is 59.0 Å². The number of rotatable bonds is 9. The van der Waals surface area contributed by atoms with E-state index < -0.39 is 0 Å². The summed E-state index contributed by atoms with van der Waals surface area (Å²) in [5.41, 5.74) is 8.34. The van der Waals surface area contributed by atoms with Crippen LogP contribution in [-0.4, -0.2) is 78.1 Å². The number of unbranched alkanes of at least 4 members (excludes halogenated alkanes) is 3. The van der Waals surface area contributed by atoms with Gasteiger partial charge in [0.05, 0.1) is 0 Å². The second kappa shape index (κ2) is 11.4. The van der Waals surface area contributed by atoms with Crippen molar-refractivity contribution in [2.24, 2.45) is 5.16 Å². The number of hydrogen-bond donors (Lipinski definition) is 1. The van der Waals surface area contributed by atoms with Gasteiger partial charge in [-0.3, -0.25) is 19.3 Å². The van der Waals surface area contributed by atoms with Crippen molar-refractivity contribution in [2.75, 3.05) is 50.5 Å². The minimum absolute atomic E-state index is 0.122. The summed E-state index contributed by atoms with van der Waals surface area (Å²) in [7, 11) is 1.39. The Kier molecular flexibility index (Phi) is 7.78. The van der Waals surface area contributed by atoms with E-state index >= 15 is 0 Å². The molecule has 39 heavy (non-hydrogen) atoms. The molecule has 3 heterocycles. The molecule has 0 bridgehead atoms. The van der Waals surface area contributed by atoms with Gasteiger partial charge in [0.1, 0.15) is 12.8 Å². The highest BCUT2D eigenvalue weighted by Gasteiger charge is 2.34. The third-order valence-corrected chi connectivity index (χ3v) is 7.94. The SMILES string of the molecule is CCCCCCN1C(=O)c2cccc3c(N4CCN(C(=O)/C(=N\OC)c5csc(N)n5)CC4)ccc(c23)C1=O. The van der Waals surface area contributed by atoms with Crippen LogP contribution >= 0.6 is 11.3 Å². The van der Waals surface area contributed by atoms with Gasteiger partial charge in [0.15, 0.2) is 10.8 Å². The summed E-state index contributed by atoms with van der Waals surface area (Å²) in [6.45, 7) is 4.66. The fraction of sp³-hybridized carbons (Fsp3) is 0.393. The van der Waals surface area contributed by atoms with Gasteiger partial charge in [0, 0.05) is 65.7 Å². The van der Waals surface area contributed by atoms with Gasteiger partial charge in [-0.1, -0.05) is 43.5 Å². The molecule has 11 heteroatoms. The van der Waals surface area contributed by atoms with Crippen LogP contribution in [0.4, 0.5) is 10.8 Å². The molecule has 3 aromatic rings. The molecule has 204 valence electrons. The molecular weight excluding hydrogens is 516 g/mol. The van der Waals surface area contributed by atoms with Crippen molar-refractivity contribution in [2.45, 2.75) is 32.6 Å². The number of piperazine rings is 1. The minimum Gasteiger partial charge on any atom is -0.398 e. The van der Waals surface area contributed by atoms with E-state index in [1.165, 1.54) is 23.3 Å². The second-order valence-corrected chi connectivity index (χ2v) is 10.5. The summed E-state index contributed by atoms with van der Waals surface area (Å²) in [6.07, 6.45) is 3.99. The molecule has 1 aromatic heterocycles. The molecule has 5 rings (SSSR count). The smallest absolute Gasteiger partial charge is 0.278 e. The maximum atomic E-state index is 13.3. The predicted molar refractivity (Wildman–Crippen MR) is 152 cm³/mol. The van der Waals surface area contributed by atoms with E-state index in [1.807, 2.05) is 30.3 Å². The number of oxime groups is 1. The van der Waals surface area contributed by atoms with Crippen molar-refractivity contribution in [1.29, 1.82) is 0 Å². The van der Waals surface area contributed by atoms with E-state index in [4.69, 9.17) is 10.6 Å². The molecule has 2 N–H and O–H groups in total. The van der Waals surface area contributed by atoms with Gasteiger partial charge < -0.3 is 20.4 Å². The van der Waals surface area contributed by atoms with Gasteiger partial charge in [-0.05, 0) is 24.6 Å². The van der Waals surface area contributed by atoms with E-state index in [0.717, 1.165) is 36.8 Å². The normalized spacial score (nSPS) is 15.8. The first-order valence-electron chi connectivity index (χ1n) is 13.2. The third kappa shape index (κ3) is 5.06. The number of imide groups is 1. The van der Waals surface area contributed by atoms with Crippen LogP contribution in [0.25, 0.3) is 10.8 Å². The van der Waals surface area contributed by atoms with Gasteiger partial charge in [-0.2, -0.15) is 0 Å². The van der Waals surface area contributed by atoms with Gasteiger partial charge in [-0.25, -0.2) is 4.98 Å². The largest absolute Gasteiger partial charge is 0.398 e. The fourth-order valence-corrected chi connectivity index (χ4v) is 5.84. The van der Waals surface area contributed by atoms with Crippen molar-refractivity contribution < 1.29 is 19.2 Å². The first-order valence-corrected chi connectivity index (χ1v) is 14.1. The summed E-state index contributed by atoms with van der Waals surface area (Å²) in [6, 6.07) is 9.44. The molecule has 3 amide bonds. The number of carbonyl (C=O) groups is 3. The molecular formula is C28H32N6O4S. The number of nitrogens with two attached hydrogens (primary N) is 1. The number of amides is 3. The summed E-state index contributed by atoms with van der Waals surface area (Å²) in [4.78, 5) is 54.3. The maximum absolute atomic E-state index is 13.3. The van der Waals surface area contributed by atoms with Crippen molar-refractivity contribution in [3.63, 3.8) is 0 Å². The van der Waals surface area contributed by atoms with Crippen molar-refractivity contribution >= 4 is 56.4 Å². The topological polar surface area (TPSA) is 121 Å². The lowest BCUT2D eigenvalue weighted by molar-refractivity contribution is -0.124. The lowest BCUT2D eigenvalue weighted by atomic mass is 9.92. The predicted octanol–water partition coefficient (Wildman–Crippen LogP) is 3.75. The van der Waals surface area contributed by atoms with Gasteiger partial charge in [0.2, 0.25) is 0 Å². The average Bonchev–Trinajstić information content (AvgIpc) is 3.39. The Morgan fingerprint density at radius 1 is 1.05 bits per heavy atom. The maximum Gasteiger partial charge on any atom is 0.278 e. The highest BCUT2D eigenvalue weighted by atomic mass is 32.1. The third-order valence-electron chi connectivity index (χ3n) is 7.26. The first-order chi connectivity index (χ1) is 18.9. The van der Waals surface area contributed by atoms with Crippen LogP contribution < -0.4 is 10.6 Å². The lowest BCUT2D eigenvalue weighted by Gasteiger charge is -2.37. The zero-order chi connectivity index (χ0) is 27.5. The molecule has 0 aliphatic carbocycles. The molecule has 1 saturated heterocycles. The van der Waals surface area contributed by atoms with Gasteiger partial charge in [-0.15, -0.1) is 11.3 Å². The van der Waals surface area contributed by atoms with E-state index in [9.17, 15) is 14.4 Å². The molecule has 2 aliphatic heterocycles. The van der Waals surface area contributed by atoms with Crippen molar-refractivity contribution in [3.05, 3.63) is 52.5 Å². The minimum atomic E-state index is -0.270. The summed E-state index contributed by atoms with van der Waals surface area (Å²) in [5, 5.41) is 7.54. The number of hydrogen-bond acceptors (Lipinski definition) is 9. The number of aromatic nitrogens is 1. The number of nitrogen functional groups attached to an aromatic ring is 1. The van der Waals surface area contributed by atoms with E-state index in [2.05, 4.69) is 22.0 Å². The Bertz CT molecular complexity index is 1420. The fourth-order valence-electron chi connectivity index (χ4n) is 5.29. The average molecular weight is 549 g/mol. The van der Waals surface area contributed by atoms with Crippen LogP contribution in [0, 0.1) is 0 Å². The zero-order valence-electron chi connectivity index (χ0n) is 22.2. The molecule has 1 fully saturated rings. The van der Waals surface area contributed by atoms with Crippen LogP contribution in [0.2, 0.25) is 0 Å². The Labute approximate surface area is 231 Å². The highest BCUT2D eigenvalue weighted by molar-refractivity contribution is 7.13. The van der Waals surface area contributed by atoms with Crippen LogP contribution in [0.15, 0.2) is 40.9 Å². The number of carbonyl (C=O) groups excluding carboxylic acids is 3. The first kappa shape index (κ1) is 26.6. The summed E-state index contributed by atoms with van der Waals surface area (Å²) < 4.78 is 0. The van der Waals surface area contributed by atoms with Gasteiger partial charge >= 0.3 is 0 Å². The number of anilines is 2. The molecule has 10 nitrogen and oxygen atoms in total. The Balaban J connectivity index is 1.35.